The number of hydrogen-bond donors (Lipinski definition) is 2. The summed E-state index contributed by atoms with van der Waals surface area (Å²) >= 11 is 1.42. The van der Waals surface area contributed by atoms with Crippen LogP contribution < -0.4 is 5.32 Å². The zero-order chi connectivity index (χ0) is 13.2. The number of H-pyrrole nitrogens is 1. The quantitative estimate of drug-likeness (QED) is 0.769. The number of anilines is 1. The maximum atomic E-state index is 12.0. The van der Waals surface area contributed by atoms with E-state index in [0.717, 1.165) is 22.2 Å². The molecule has 0 unspecified atom stereocenters. The Kier molecular flexibility index (Phi) is 3.05. The first kappa shape index (κ1) is 11.9. The molecule has 3 aromatic rings. The van der Waals surface area contributed by atoms with Crippen LogP contribution in [0.2, 0.25) is 0 Å². The summed E-state index contributed by atoms with van der Waals surface area (Å²) < 4.78 is 0. The second-order valence-electron chi connectivity index (χ2n) is 4.34. The Hall–Kier alpha value is -2.14. The first-order chi connectivity index (χ1) is 9.24. The number of aromatic amines is 1. The molecule has 0 spiro atoms. The first-order valence-electron chi connectivity index (χ1n) is 5.99. The van der Waals surface area contributed by atoms with Gasteiger partial charge in [-0.1, -0.05) is 18.2 Å². The highest BCUT2D eigenvalue weighted by Gasteiger charge is 2.12. The zero-order valence-electron chi connectivity index (χ0n) is 10.4. The molecule has 0 atom stereocenters. The van der Waals surface area contributed by atoms with Gasteiger partial charge in [0.05, 0.1) is 6.42 Å². The summed E-state index contributed by atoms with van der Waals surface area (Å²) in [6, 6.07) is 8.02. The lowest BCUT2D eigenvalue weighted by Gasteiger charge is -2.02. The molecule has 2 aromatic heterocycles. The third-order valence-electron chi connectivity index (χ3n) is 3.04. The first-order valence-corrected chi connectivity index (χ1v) is 6.87. The number of thiazole rings is 1. The van der Waals surface area contributed by atoms with E-state index in [-0.39, 0.29) is 5.91 Å². The molecule has 2 heterocycles. The van der Waals surface area contributed by atoms with Gasteiger partial charge in [-0.05, 0) is 18.6 Å². The molecule has 4 nitrogen and oxygen atoms in total. The fraction of sp³-hybridized carbons (Fsp3) is 0.143. The normalized spacial score (nSPS) is 10.8. The average molecular weight is 271 g/mol. The van der Waals surface area contributed by atoms with Crippen molar-refractivity contribution in [2.24, 2.45) is 0 Å². The van der Waals surface area contributed by atoms with Gasteiger partial charge in [-0.25, -0.2) is 4.98 Å². The van der Waals surface area contributed by atoms with Crippen molar-refractivity contribution in [1.82, 2.24) is 9.97 Å². The maximum absolute atomic E-state index is 12.0. The second kappa shape index (κ2) is 4.85. The molecular formula is C14H13N3OS. The number of aromatic nitrogens is 2. The lowest BCUT2D eigenvalue weighted by atomic mass is 10.1. The Morgan fingerprint density at radius 1 is 1.42 bits per heavy atom. The standard InChI is InChI=1S/C14H13N3OS/c1-9-11(10-4-2-3-5-12(10)16-9)8-13(18)17-14-15-6-7-19-14/h2-7,16H,8H2,1H3,(H,15,17,18). The Morgan fingerprint density at radius 3 is 3.05 bits per heavy atom. The average Bonchev–Trinajstić information content (AvgIpc) is 2.99. The molecule has 0 bridgehead atoms. The molecule has 0 saturated heterocycles. The van der Waals surface area contributed by atoms with Gasteiger partial charge >= 0.3 is 0 Å². The number of carbonyl (C=O) groups is 1. The van der Waals surface area contributed by atoms with Crippen LogP contribution in [-0.4, -0.2) is 15.9 Å². The maximum Gasteiger partial charge on any atom is 0.230 e. The van der Waals surface area contributed by atoms with Gasteiger partial charge in [-0.15, -0.1) is 11.3 Å². The number of carbonyl (C=O) groups excluding carboxylic acids is 1. The Labute approximate surface area is 114 Å². The van der Waals surface area contributed by atoms with Crippen LogP contribution in [0.25, 0.3) is 10.9 Å². The number of para-hydroxylation sites is 1. The predicted octanol–water partition coefficient (Wildman–Crippen LogP) is 3.11. The monoisotopic (exact) mass is 271 g/mol. The van der Waals surface area contributed by atoms with Crippen LogP contribution in [0.5, 0.6) is 0 Å². The number of aryl methyl sites for hydroxylation is 1. The van der Waals surface area contributed by atoms with Crippen LogP contribution in [0.4, 0.5) is 5.13 Å². The lowest BCUT2D eigenvalue weighted by Crippen LogP contribution is -2.14. The van der Waals surface area contributed by atoms with E-state index in [9.17, 15) is 4.79 Å². The van der Waals surface area contributed by atoms with Gasteiger partial charge in [-0.2, -0.15) is 0 Å². The highest BCUT2D eigenvalue weighted by Crippen LogP contribution is 2.22. The van der Waals surface area contributed by atoms with Gasteiger partial charge < -0.3 is 10.3 Å². The molecular weight excluding hydrogens is 258 g/mol. The molecule has 19 heavy (non-hydrogen) atoms. The van der Waals surface area contributed by atoms with Crippen LogP contribution in [0.3, 0.4) is 0 Å². The van der Waals surface area contributed by atoms with E-state index in [0.29, 0.717) is 11.6 Å². The van der Waals surface area contributed by atoms with E-state index >= 15 is 0 Å². The van der Waals surface area contributed by atoms with Gasteiger partial charge in [-0.3, -0.25) is 4.79 Å². The van der Waals surface area contributed by atoms with Crippen LogP contribution in [0, 0.1) is 6.92 Å². The molecule has 96 valence electrons. The number of fused-ring (bicyclic) bond motifs is 1. The number of hydrogen-bond acceptors (Lipinski definition) is 3. The smallest absolute Gasteiger partial charge is 0.230 e. The Balaban J connectivity index is 1.85. The minimum Gasteiger partial charge on any atom is -0.358 e. The van der Waals surface area contributed by atoms with Crippen molar-refractivity contribution in [2.75, 3.05) is 5.32 Å². The van der Waals surface area contributed by atoms with Crippen molar-refractivity contribution in [2.45, 2.75) is 13.3 Å². The number of nitrogens with one attached hydrogen (secondary N) is 2. The molecule has 5 heteroatoms. The molecule has 0 aliphatic carbocycles. The van der Waals surface area contributed by atoms with Gasteiger partial charge in [0.25, 0.3) is 0 Å². The summed E-state index contributed by atoms with van der Waals surface area (Å²) in [6.45, 7) is 1.99. The fourth-order valence-corrected chi connectivity index (χ4v) is 2.72. The van der Waals surface area contributed by atoms with Gasteiger partial charge in [0.2, 0.25) is 5.91 Å². The van der Waals surface area contributed by atoms with E-state index in [1.54, 1.807) is 6.20 Å². The minimum absolute atomic E-state index is 0.0391. The molecule has 0 fully saturated rings. The molecule has 0 saturated carbocycles. The highest BCUT2D eigenvalue weighted by molar-refractivity contribution is 7.13. The van der Waals surface area contributed by atoms with Crippen molar-refractivity contribution in [3.63, 3.8) is 0 Å². The molecule has 2 N–H and O–H groups in total. The van der Waals surface area contributed by atoms with Crippen molar-refractivity contribution >= 4 is 33.3 Å². The van der Waals surface area contributed by atoms with Crippen molar-refractivity contribution in [1.29, 1.82) is 0 Å². The lowest BCUT2D eigenvalue weighted by molar-refractivity contribution is -0.115. The largest absolute Gasteiger partial charge is 0.358 e. The second-order valence-corrected chi connectivity index (χ2v) is 5.23. The third kappa shape index (κ3) is 2.37. The van der Waals surface area contributed by atoms with Crippen LogP contribution >= 0.6 is 11.3 Å². The summed E-state index contributed by atoms with van der Waals surface area (Å²) in [7, 11) is 0. The van der Waals surface area contributed by atoms with E-state index < -0.39 is 0 Å². The highest BCUT2D eigenvalue weighted by atomic mass is 32.1. The Morgan fingerprint density at radius 2 is 2.26 bits per heavy atom. The van der Waals surface area contributed by atoms with Crippen LogP contribution in [0.15, 0.2) is 35.8 Å². The van der Waals surface area contributed by atoms with E-state index in [2.05, 4.69) is 15.3 Å². The summed E-state index contributed by atoms with van der Waals surface area (Å²) in [6.07, 6.45) is 2.03. The zero-order valence-corrected chi connectivity index (χ0v) is 11.3. The molecule has 3 rings (SSSR count). The molecule has 1 aromatic carbocycles. The third-order valence-corrected chi connectivity index (χ3v) is 3.73. The van der Waals surface area contributed by atoms with Crippen molar-refractivity contribution in [3.8, 4) is 0 Å². The predicted molar refractivity (Wildman–Crippen MR) is 77.5 cm³/mol. The summed E-state index contributed by atoms with van der Waals surface area (Å²) in [5.41, 5.74) is 3.15. The van der Waals surface area contributed by atoms with Crippen molar-refractivity contribution < 1.29 is 4.79 Å². The van der Waals surface area contributed by atoms with Crippen LogP contribution in [0.1, 0.15) is 11.3 Å². The summed E-state index contributed by atoms with van der Waals surface area (Å²) in [5, 5.41) is 6.39. The molecule has 0 aliphatic heterocycles. The topological polar surface area (TPSA) is 57.8 Å². The summed E-state index contributed by atoms with van der Waals surface area (Å²) in [5.74, 6) is -0.0391. The SMILES string of the molecule is Cc1[nH]c2ccccc2c1CC(=O)Nc1nccs1. The number of benzene rings is 1. The van der Waals surface area contributed by atoms with E-state index in [4.69, 9.17) is 0 Å². The van der Waals surface area contributed by atoms with Crippen molar-refractivity contribution in [3.05, 3.63) is 47.1 Å². The van der Waals surface area contributed by atoms with E-state index in [1.165, 1.54) is 11.3 Å². The molecule has 0 radical (unpaired) electrons. The minimum atomic E-state index is -0.0391. The molecule has 1 amide bonds. The van der Waals surface area contributed by atoms with Gasteiger partial charge in [0.15, 0.2) is 5.13 Å². The van der Waals surface area contributed by atoms with Gasteiger partial charge in [0, 0.05) is 28.2 Å². The van der Waals surface area contributed by atoms with E-state index in [1.807, 2.05) is 36.6 Å². The molecule has 0 aliphatic rings. The van der Waals surface area contributed by atoms with Gasteiger partial charge in [0.1, 0.15) is 0 Å². The van der Waals surface area contributed by atoms with Crippen LogP contribution in [-0.2, 0) is 11.2 Å². The number of amides is 1. The number of rotatable bonds is 3. The summed E-state index contributed by atoms with van der Waals surface area (Å²) in [4.78, 5) is 19.4. The number of nitrogens with zero attached hydrogens (tertiary/aromatic N) is 1. The Bertz CT molecular complexity index is 715. The fourth-order valence-electron chi connectivity index (χ4n) is 2.17.